The maximum absolute atomic E-state index is 12.9. The molecule has 2 nitrogen and oxygen atoms in total. The van der Waals surface area contributed by atoms with E-state index in [0.717, 1.165) is 25.3 Å². The Morgan fingerprint density at radius 3 is 2.26 bits per heavy atom. The average Bonchev–Trinajstić information content (AvgIpc) is 3.05. The van der Waals surface area contributed by atoms with Crippen LogP contribution in [-0.2, 0) is 0 Å². The van der Waals surface area contributed by atoms with Gasteiger partial charge in [0.25, 0.3) is 0 Å². The molecule has 1 aliphatic heterocycles. The Hall–Kier alpha value is -1.23. The van der Waals surface area contributed by atoms with Crippen LogP contribution in [0.2, 0.25) is 0 Å². The predicted octanol–water partition coefficient (Wildman–Crippen LogP) is 4.55. The van der Waals surface area contributed by atoms with Gasteiger partial charge in [-0.15, -0.1) is 0 Å². The topological polar surface area (TPSA) is 12.5 Å². The van der Waals surface area contributed by atoms with E-state index in [2.05, 4.69) is 4.90 Å². The van der Waals surface area contributed by atoms with Crippen LogP contribution < -0.4 is 4.74 Å². The third kappa shape index (κ3) is 5.72. The number of halogens is 3. The third-order valence-corrected chi connectivity index (χ3v) is 4.72. The fourth-order valence-electron chi connectivity index (χ4n) is 3.27. The van der Waals surface area contributed by atoms with E-state index in [9.17, 15) is 13.2 Å². The molecule has 0 N–H and O–H groups in total. The molecule has 23 heavy (non-hydrogen) atoms. The van der Waals surface area contributed by atoms with Gasteiger partial charge in [-0.25, -0.2) is 8.78 Å². The first-order valence-corrected chi connectivity index (χ1v) is 8.31. The van der Waals surface area contributed by atoms with Gasteiger partial charge in [0.15, 0.2) is 0 Å². The normalized spacial score (nSPS) is 24.8. The van der Waals surface area contributed by atoms with E-state index in [1.54, 1.807) is 7.11 Å². The van der Waals surface area contributed by atoms with Gasteiger partial charge in [0.2, 0.25) is 5.92 Å². The number of likely N-dealkylation sites (tertiary alicyclic amines) is 1. The minimum Gasteiger partial charge on any atom is -0.497 e. The Bertz CT molecular complexity index is 445. The first-order chi connectivity index (χ1) is 11.0. The molecular formula is C18H26F3NO. The van der Waals surface area contributed by atoms with E-state index in [4.69, 9.17) is 4.74 Å². The van der Waals surface area contributed by atoms with Crippen molar-refractivity contribution in [3.63, 3.8) is 0 Å². The zero-order valence-electron chi connectivity index (χ0n) is 13.7. The Labute approximate surface area is 136 Å². The van der Waals surface area contributed by atoms with Crippen molar-refractivity contribution in [1.29, 1.82) is 0 Å². The molecule has 0 radical (unpaired) electrons. The summed E-state index contributed by atoms with van der Waals surface area (Å²) in [6, 6.07) is 9.96. The lowest BCUT2D eigenvalue weighted by atomic mass is 9.91. The van der Waals surface area contributed by atoms with Gasteiger partial charge in [-0.05, 0) is 37.9 Å². The summed E-state index contributed by atoms with van der Waals surface area (Å²) >= 11 is 0. The minimum absolute atomic E-state index is 0.00839. The Balaban J connectivity index is 0.000000203. The van der Waals surface area contributed by atoms with Gasteiger partial charge in [0.1, 0.15) is 5.75 Å². The SMILES string of the molecule is COc1ccccc1.FCC1CCN(C2CCC(F)(F)CC2)C1. The number of alkyl halides is 3. The molecule has 1 saturated heterocycles. The van der Waals surface area contributed by atoms with Crippen molar-refractivity contribution >= 4 is 0 Å². The summed E-state index contributed by atoms with van der Waals surface area (Å²) in [6.45, 7) is 1.40. The number of rotatable bonds is 3. The van der Waals surface area contributed by atoms with Crippen molar-refractivity contribution < 1.29 is 17.9 Å². The highest BCUT2D eigenvalue weighted by molar-refractivity contribution is 5.20. The van der Waals surface area contributed by atoms with Gasteiger partial charge in [-0.3, -0.25) is 9.29 Å². The van der Waals surface area contributed by atoms with Gasteiger partial charge in [0.05, 0.1) is 13.8 Å². The molecule has 2 aliphatic rings. The largest absolute Gasteiger partial charge is 0.497 e. The van der Waals surface area contributed by atoms with Gasteiger partial charge in [-0.1, -0.05) is 18.2 Å². The van der Waals surface area contributed by atoms with Crippen LogP contribution in [0.25, 0.3) is 0 Å². The summed E-state index contributed by atoms with van der Waals surface area (Å²) in [7, 11) is 1.66. The second-order valence-corrected chi connectivity index (χ2v) is 6.41. The average molecular weight is 329 g/mol. The summed E-state index contributed by atoms with van der Waals surface area (Å²) < 4.78 is 43.2. The molecule has 1 saturated carbocycles. The van der Waals surface area contributed by atoms with E-state index in [-0.39, 0.29) is 31.5 Å². The summed E-state index contributed by atoms with van der Waals surface area (Å²) in [6.07, 6.45) is 2.06. The van der Waals surface area contributed by atoms with E-state index in [0.29, 0.717) is 12.8 Å². The first kappa shape index (κ1) is 18.1. The van der Waals surface area contributed by atoms with Crippen LogP contribution in [-0.4, -0.2) is 43.7 Å². The molecule has 1 aliphatic carbocycles. The van der Waals surface area contributed by atoms with Crippen LogP contribution in [0.3, 0.4) is 0 Å². The summed E-state index contributed by atoms with van der Waals surface area (Å²) in [4.78, 5) is 2.21. The van der Waals surface area contributed by atoms with Crippen molar-refractivity contribution in [2.75, 3.05) is 26.9 Å². The highest BCUT2D eigenvalue weighted by atomic mass is 19.3. The summed E-state index contributed by atoms with van der Waals surface area (Å²) in [5, 5.41) is 0. The number of methoxy groups -OCH3 is 1. The van der Waals surface area contributed by atoms with Crippen molar-refractivity contribution in [3.8, 4) is 5.75 Å². The maximum atomic E-state index is 12.9. The molecule has 1 atom stereocenters. The Morgan fingerprint density at radius 1 is 1.13 bits per heavy atom. The van der Waals surface area contributed by atoms with E-state index in [1.807, 2.05) is 30.3 Å². The molecule has 3 rings (SSSR count). The molecule has 130 valence electrons. The van der Waals surface area contributed by atoms with Crippen molar-refractivity contribution in [1.82, 2.24) is 4.90 Å². The van der Waals surface area contributed by atoms with Crippen molar-refractivity contribution in [2.45, 2.75) is 44.1 Å². The highest BCUT2D eigenvalue weighted by Gasteiger charge is 2.38. The number of hydrogen-bond acceptors (Lipinski definition) is 2. The summed E-state index contributed by atoms with van der Waals surface area (Å²) in [5.74, 6) is -1.39. The quantitative estimate of drug-likeness (QED) is 0.806. The molecule has 2 fully saturated rings. The van der Waals surface area contributed by atoms with Gasteiger partial charge in [0, 0.05) is 31.3 Å². The molecule has 0 bridgehead atoms. The molecule has 0 aromatic heterocycles. The van der Waals surface area contributed by atoms with E-state index in [1.165, 1.54) is 0 Å². The van der Waals surface area contributed by atoms with Crippen LogP contribution in [0.5, 0.6) is 5.75 Å². The van der Waals surface area contributed by atoms with E-state index >= 15 is 0 Å². The van der Waals surface area contributed by atoms with Crippen LogP contribution in [0.1, 0.15) is 32.1 Å². The number of ether oxygens (including phenoxy) is 1. The Morgan fingerprint density at radius 2 is 1.78 bits per heavy atom. The number of benzene rings is 1. The lowest BCUT2D eigenvalue weighted by Gasteiger charge is -2.34. The summed E-state index contributed by atoms with van der Waals surface area (Å²) in [5.41, 5.74) is 0. The zero-order chi connectivity index (χ0) is 16.7. The van der Waals surface area contributed by atoms with Crippen LogP contribution in [0.4, 0.5) is 13.2 Å². The molecule has 5 heteroatoms. The molecule has 1 heterocycles. The number of para-hydroxylation sites is 1. The predicted molar refractivity (Wildman–Crippen MR) is 85.9 cm³/mol. The molecule has 1 aromatic rings. The fraction of sp³-hybridized carbons (Fsp3) is 0.667. The van der Waals surface area contributed by atoms with Gasteiger partial charge < -0.3 is 4.74 Å². The standard InChI is InChI=1S/C11H18F3N.C7H8O/c12-7-9-3-6-15(8-9)10-1-4-11(13,14)5-2-10;1-8-7-5-3-2-4-6-7/h9-10H,1-8H2;2-6H,1H3. The second kappa shape index (κ2) is 8.57. The second-order valence-electron chi connectivity index (χ2n) is 6.41. The molecular weight excluding hydrogens is 303 g/mol. The minimum atomic E-state index is -2.45. The van der Waals surface area contributed by atoms with Crippen LogP contribution in [0, 0.1) is 5.92 Å². The van der Waals surface area contributed by atoms with Crippen molar-refractivity contribution in [2.24, 2.45) is 5.92 Å². The van der Waals surface area contributed by atoms with Gasteiger partial charge >= 0.3 is 0 Å². The monoisotopic (exact) mass is 329 g/mol. The smallest absolute Gasteiger partial charge is 0.248 e. The molecule has 1 unspecified atom stereocenters. The van der Waals surface area contributed by atoms with E-state index < -0.39 is 5.92 Å². The Kier molecular flexibility index (Phi) is 6.75. The third-order valence-electron chi connectivity index (χ3n) is 4.72. The van der Waals surface area contributed by atoms with Crippen LogP contribution in [0.15, 0.2) is 30.3 Å². The molecule has 1 aromatic carbocycles. The van der Waals surface area contributed by atoms with Gasteiger partial charge in [-0.2, -0.15) is 0 Å². The van der Waals surface area contributed by atoms with Crippen molar-refractivity contribution in [3.05, 3.63) is 30.3 Å². The fourth-order valence-corrected chi connectivity index (χ4v) is 3.27. The number of hydrogen-bond donors (Lipinski definition) is 0. The molecule has 0 spiro atoms. The molecule has 0 amide bonds. The maximum Gasteiger partial charge on any atom is 0.248 e. The first-order valence-electron chi connectivity index (χ1n) is 8.31. The zero-order valence-corrected chi connectivity index (χ0v) is 13.7. The lowest BCUT2D eigenvalue weighted by molar-refractivity contribution is -0.0519. The lowest BCUT2D eigenvalue weighted by Crippen LogP contribution is -2.39. The van der Waals surface area contributed by atoms with Crippen LogP contribution >= 0.6 is 0 Å². The highest BCUT2D eigenvalue weighted by Crippen LogP contribution is 2.36. The number of nitrogens with zero attached hydrogens (tertiary/aromatic N) is 1.